The summed E-state index contributed by atoms with van der Waals surface area (Å²) in [5.74, 6) is -0.0771. The van der Waals surface area contributed by atoms with Crippen molar-refractivity contribution < 1.29 is 14.7 Å². The highest BCUT2D eigenvalue weighted by molar-refractivity contribution is 5.95. The summed E-state index contributed by atoms with van der Waals surface area (Å²) in [7, 11) is 0. The van der Waals surface area contributed by atoms with Crippen LogP contribution >= 0.6 is 0 Å². The van der Waals surface area contributed by atoms with E-state index >= 15 is 0 Å². The standard InChI is InChI=1S/C22H30N8O4/c1-4-6-17-25-14-24-16(5-2)19(22(34)30(27-17)11-12-31)28-7-9-29(10-8-28)21(33)18-20(32)15(3)23-13-26-18/h12-14,32H,4-11H2,1-3H3,(H,24,25,27). The van der Waals surface area contributed by atoms with Crippen LogP contribution in [0.25, 0.3) is 0 Å². The van der Waals surface area contributed by atoms with E-state index in [2.05, 4.69) is 25.0 Å². The van der Waals surface area contributed by atoms with Crippen LogP contribution in [0.3, 0.4) is 0 Å². The number of carbonyl (C=O) groups excluding carboxylic acids is 2. The zero-order valence-corrected chi connectivity index (χ0v) is 19.7. The average molecular weight is 471 g/mol. The zero-order valence-electron chi connectivity index (χ0n) is 19.7. The second kappa shape index (κ2) is 11.3. The number of H-pyrrole nitrogens is 1. The summed E-state index contributed by atoms with van der Waals surface area (Å²) in [5.41, 5.74) is 0.827. The predicted octanol–water partition coefficient (Wildman–Crippen LogP) is 0.571. The third-order valence-electron chi connectivity index (χ3n) is 5.58. The number of nitrogens with one attached hydrogen (secondary N) is 1. The first kappa shape index (κ1) is 24.8. The number of hydrogen-bond acceptors (Lipinski definition) is 9. The maximum atomic E-state index is 13.5. The minimum absolute atomic E-state index is 0.0421. The summed E-state index contributed by atoms with van der Waals surface area (Å²) in [5, 5.41) is 13.1. The van der Waals surface area contributed by atoms with Gasteiger partial charge in [0.05, 0.1) is 17.9 Å². The highest BCUT2D eigenvalue weighted by atomic mass is 16.3. The molecule has 0 unspecified atom stereocenters. The Labute approximate surface area is 197 Å². The summed E-state index contributed by atoms with van der Waals surface area (Å²) in [4.78, 5) is 57.8. The highest BCUT2D eigenvalue weighted by Gasteiger charge is 2.28. The van der Waals surface area contributed by atoms with E-state index in [1.165, 1.54) is 17.3 Å². The van der Waals surface area contributed by atoms with Crippen molar-refractivity contribution in [3.63, 3.8) is 0 Å². The molecule has 1 saturated heterocycles. The molecule has 0 saturated carbocycles. The Kier molecular flexibility index (Phi) is 8.28. The van der Waals surface area contributed by atoms with Crippen molar-refractivity contribution in [1.29, 1.82) is 0 Å². The van der Waals surface area contributed by atoms with Crippen LogP contribution in [0.1, 0.15) is 48.0 Å². The lowest BCUT2D eigenvalue weighted by atomic mass is 10.2. The number of aromatic hydroxyl groups is 1. The maximum Gasteiger partial charge on any atom is 0.290 e. The van der Waals surface area contributed by atoms with Gasteiger partial charge in [-0.2, -0.15) is 0 Å². The number of carbonyl (C=O) groups is 2. The summed E-state index contributed by atoms with van der Waals surface area (Å²) in [6.45, 7) is 6.71. The van der Waals surface area contributed by atoms with Gasteiger partial charge in [-0.15, -0.1) is 0 Å². The van der Waals surface area contributed by atoms with Crippen molar-refractivity contribution in [3.8, 4) is 5.75 Å². The van der Waals surface area contributed by atoms with Crippen molar-refractivity contribution >= 4 is 17.9 Å². The van der Waals surface area contributed by atoms with Gasteiger partial charge in [0, 0.05) is 32.6 Å². The first-order chi connectivity index (χ1) is 16.4. The Morgan fingerprint density at radius 2 is 1.82 bits per heavy atom. The molecule has 1 aliphatic rings. The summed E-state index contributed by atoms with van der Waals surface area (Å²) >= 11 is 0. The molecule has 0 atom stereocenters. The van der Waals surface area contributed by atoms with Crippen LogP contribution in [0, 0.1) is 6.92 Å². The Balaban J connectivity index is 1.96. The quantitative estimate of drug-likeness (QED) is 0.554. The number of rotatable bonds is 7. The first-order valence-corrected chi connectivity index (χ1v) is 11.3. The largest absolute Gasteiger partial charge is 0.504 e. The Morgan fingerprint density at radius 3 is 2.47 bits per heavy atom. The molecule has 2 aromatic heterocycles. The molecule has 0 radical (unpaired) electrons. The third kappa shape index (κ3) is 5.38. The summed E-state index contributed by atoms with van der Waals surface area (Å²) in [6.07, 6.45) is 5.22. The number of aromatic nitrogens is 6. The molecule has 3 rings (SSSR count). The van der Waals surface area contributed by atoms with Crippen molar-refractivity contribution in [2.75, 3.05) is 31.1 Å². The zero-order chi connectivity index (χ0) is 24.7. The van der Waals surface area contributed by atoms with E-state index < -0.39 is 5.91 Å². The maximum absolute atomic E-state index is 13.5. The second-order valence-corrected chi connectivity index (χ2v) is 7.85. The fourth-order valence-corrected chi connectivity index (χ4v) is 3.76. The molecule has 0 aliphatic carbocycles. The van der Waals surface area contributed by atoms with Crippen LogP contribution in [0.2, 0.25) is 0 Å². The smallest absolute Gasteiger partial charge is 0.290 e. The molecule has 0 spiro atoms. The Bertz CT molecular complexity index is 1150. The van der Waals surface area contributed by atoms with Crippen molar-refractivity contribution in [2.24, 2.45) is 0 Å². The van der Waals surface area contributed by atoms with E-state index in [1.807, 2.05) is 18.7 Å². The van der Waals surface area contributed by atoms with E-state index in [4.69, 9.17) is 0 Å². The van der Waals surface area contributed by atoms with E-state index in [-0.39, 0.29) is 23.5 Å². The number of hydrogen-bond donors (Lipinski definition) is 2. The van der Waals surface area contributed by atoms with Gasteiger partial charge in [0.1, 0.15) is 30.5 Å². The Hall–Kier alpha value is -3.83. The number of aldehydes is 1. The first-order valence-electron chi connectivity index (χ1n) is 11.3. The van der Waals surface area contributed by atoms with Gasteiger partial charge >= 0.3 is 0 Å². The van der Waals surface area contributed by atoms with Gasteiger partial charge in [-0.1, -0.05) is 13.8 Å². The van der Waals surface area contributed by atoms with Gasteiger partial charge in [0.25, 0.3) is 11.5 Å². The molecule has 2 aromatic rings. The van der Waals surface area contributed by atoms with Crippen LogP contribution in [-0.2, 0) is 24.2 Å². The molecular formula is C22H30N8O4. The Morgan fingerprint density at radius 1 is 1.12 bits per heavy atom. The van der Waals surface area contributed by atoms with Crippen molar-refractivity contribution in [1.82, 2.24) is 34.6 Å². The topological polar surface area (TPSA) is 150 Å². The average Bonchev–Trinajstić information content (AvgIpc) is 2.90. The summed E-state index contributed by atoms with van der Waals surface area (Å²) < 4.78 is 1.25. The van der Waals surface area contributed by atoms with Gasteiger partial charge in [0.15, 0.2) is 11.4 Å². The lowest BCUT2D eigenvalue weighted by Crippen LogP contribution is -2.50. The van der Waals surface area contributed by atoms with E-state index in [1.54, 1.807) is 11.8 Å². The number of amides is 1. The van der Waals surface area contributed by atoms with Gasteiger partial charge in [-0.25, -0.2) is 24.6 Å². The number of piperazine rings is 1. The molecule has 2 N–H and O–H groups in total. The molecule has 1 amide bonds. The number of aryl methyl sites for hydroxylation is 3. The monoisotopic (exact) mass is 470 g/mol. The highest BCUT2D eigenvalue weighted by Crippen LogP contribution is 2.21. The molecule has 12 nitrogen and oxygen atoms in total. The SMILES string of the molecule is CCCc1ncnc(CC)c(N2CCN(C(=O)c3ncnc(C)c3O)CC2)c(=O)n(CC=O)[nH]1. The number of anilines is 1. The van der Waals surface area contributed by atoms with Crippen LogP contribution in [0.15, 0.2) is 17.4 Å². The van der Waals surface area contributed by atoms with E-state index in [0.29, 0.717) is 68.2 Å². The van der Waals surface area contributed by atoms with Crippen LogP contribution in [0.4, 0.5) is 5.69 Å². The third-order valence-corrected chi connectivity index (χ3v) is 5.58. The lowest BCUT2D eigenvalue weighted by Gasteiger charge is -2.35. The van der Waals surface area contributed by atoms with Crippen LogP contribution in [0.5, 0.6) is 5.75 Å². The normalized spacial score (nSPS) is 13.5. The molecule has 0 aromatic carbocycles. The van der Waals surface area contributed by atoms with Gasteiger partial charge < -0.3 is 19.7 Å². The van der Waals surface area contributed by atoms with Gasteiger partial charge in [-0.05, 0) is 19.8 Å². The molecule has 12 heteroatoms. The molecule has 1 aliphatic heterocycles. The van der Waals surface area contributed by atoms with Gasteiger partial charge in [0.2, 0.25) is 0 Å². The molecule has 34 heavy (non-hydrogen) atoms. The minimum Gasteiger partial charge on any atom is -0.504 e. The number of aromatic amines is 1. The predicted molar refractivity (Wildman–Crippen MR) is 124 cm³/mol. The van der Waals surface area contributed by atoms with Crippen molar-refractivity contribution in [2.45, 2.75) is 46.6 Å². The molecule has 1 fully saturated rings. The molecule has 0 bridgehead atoms. The fraction of sp³-hybridized carbons (Fsp3) is 0.500. The molecule has 3 heterocycles. The van der Waals surface area contributed by atoms with E-state index in [0.717, 1.165) is 6.42 Å². The van der Waals surface area contributed by atoms with Crippen LogP contribution in [-0.4, -0.2) is 78.1 Å². The lowest BCUT2D eigenvalue weighted by molar-refractivity contribution is -0.108. The second-order valence-electron chi connectivity index (χ2n) is 7.85. The number of nitrogens with zero attached hydrogens (tertiary/aromatic N) is 7. The van der Waals surface area contributed by atoms with E-state index in [9.17, 15) is 19.5 Å². The molecule has 182 valence electrons. The van der Waals surface area contributed by atoms with Crippen LogP contribution < -0.4 is 10.5 Å². The summed E-state index contributed by atoms with van der Waals surface area (Å²) in [6, 6.07) is 0. The molecular weight excluding hydrogens is 440 g/mol. The van der Waals surface area contributed by atoms with Gasteiger partial charge in [-0.3, -0.25) is 14.7 Å². The minimum atomic E-state index is -0.395. The fourth-order valence-electron chi connectivity index (χ4n) is 3.76. The van der Waals surface area contributed by atoms with Crippen molar-refractivity contribution in [3.05, 3.63) is 45.9 Å².